The smallest absolute Gasteiger partial charge is 0.348 e. The van der Waals surface area contributed by atoms with E-state index < -0.39 is 23.7 Å². The minimum Gasteiger partial charge on any atom is -0.478 e. The van der Waals surface area contributed by atoms with Crippen LogP contribution in [0.3, 0.4) is 0 Å². The van der Waals surface area contributed by atoms with Crippen LogP contribution in [0.1, 0.15) is 12.0 Å². The Hall–Kier alpha value is -1.98. The summed E-state index contributed by atoms with van der Waals surface area (Å²) in [4.78, 5) is 15.1. The van der Waals surface area contributed by atoms with Crippen LogP contribution in [0.2, 0.25) is 0 Å². The molecule has 0 saturated carbocycles. The van der Waals surface area contributed by atoms with E-state index in [2.05, 4.69) is 9.99 Å². The van der Waals surface area contributed by atoms with Gasteiger partial charge in [-0.1, -0.05) is 5.16 Å². The zero-order chi connectivity index (χ0) is 11.7. The molecule has 0 bridgehead atoms. The Morgan fingerprint density at radius 2 is 2.25 bits per heavy atom. The first kappa shape index (κ1) is 10.5. The van der Waals surface area contributed by atoms with Crippen LogP contribution >= 0.6 is 0 Å². The molecule has 1 aliphatic rings. The van der Waals surface area contributed by atoms with Gasteiger partial charge in [-0.3, -0.25) is 0 Å². The molecule has 16 heavy (non-hydrogen) atoms. The normalized spacial score (nSPS) is 19.1. The van der Waals surface area contributed by atoms with Crippen LogP contribution in [0, 0.1) is 11.6 Å². The monoisotopic (exact) mass is 227 g/mol. The Balaban J connectivity index is 2.27. The zero-order valence-corrected chi connectivity index (χ0v) is 7.98. The number of rotatable bonds is 2. The Morgan fingerprint density at radius 1 is 1.50 bits per heavy atom. The van der Waals surface area contributed by atoms with Crippen molar-refractivity contribution in [3.63, 3.8) is 0 Å². The molecule has 1 atom stereocenters. The minimum atomic E-state index is -1.18. The zero-order valence-electron chi connectivity index (χ0n) is 7.98. The number of carbonyl (C=O) groups is 1. The van der Waals surface area contributed by atoms with Crippen LogP contribution in [-0.4, -0.2) is 22.9 Å². The molecular weight excluding hydrogens is 220 g/mol. The average molecular weight is 227 g/mol. The van der Waals surface area contributed by atoms with Gasteiger partial charge in [0, 0.05) is 12.0 Å². The second kappa shape index (κ2) is 3.88. The molecule has 6 heteroatoms. The first-order chi connectivity index (χ1) is 7.58. The number of benzene rings is 1. The lowest BCUT2D eigenvalue weighted by Crippen LogP contribution is -2.20. The van der Waals surface area contributed by atoms with E-state index in [-0.39, 0.29) is 17.7 Å². The van der Waals surface area contributed by atoms with E-state index in [1.807, 2.05) is 0 Å². The van der Waals surface area contributed by atoms with Crippen molar-refractivity contribution >= 4 is 11.7 Å². The van der Waals surface area contributed by atoms with E-state index in [0.717, 1.165) is 18.2 Å². The summed E-state index contributed by atoms with van der Waals surface area (Å²) in [5, 5.41) is 12.1. The van der Waals surface area contributed by atoms with Crippen molar-refractivity contribution in [3.8, 4) is 0 Å². The van der Waals surface area contributed by atoms with Gasteiger partial charge in [-0.15, -0.1) is 0 Å². The van der Waals surface area contributed by atoms with Gasteiger partial charge in [0.15, 0.2) is 0 Å². The lowest BCUT2D eigenvalue weighted by Gasteiger charge is -2.01. The van der Waals surface area contributed by atoms with Crippen molar-refractivity contribution in [2.75, 3.05) is 0 Å². The second-order valence-corrected chi connectivity index (χ2v) is 3.30. The van der Waals surface area contributed by atoms with Crippen LogP contribution < -0.4 is 0 Å². The molecule has 4 nitrogen and oxygen atoms in total. The summed E-state index contributed by atoms with van der Waals surface area (Å²) in [6.45, 7) is 0. The lowest BCUT2D eigenvalue weighted by atomic mass is 10.0. The minimum absolute atomic E-state index is 0.0660. The maximum absolute atomic E-state index is 13.3. The number of carboxylic acids is 1. The van der Waals surface area contributed by atoms with Gasteiger partial charge < -0.3 is 9.94 Å². The fourth-order valence-electron chi connectivity index (χ4n) is 1.39. The van der Waals surface area contributed by atoms with Gasteiger partial charge in [0.05, 0.1) is 5.71 Å². The number of oxime groups is 1. The van der Waals surface area contributed by atoms with Crippen LogP contribution in [-0.2, 0) is 9.63 Å². The maximum Gasteiger partial charge on any atom is 0.348 e. The molecule has 1 aromatic rings. The molecule has 1 N–H and O–H groups in total. The fraction of sp³-hybridized carbons (Fsp3) is 0.200. The Bertz CT molecular complexity index is 473. The first-order valence-corrected chi connectivity index (χ1v) is 4.49. The molecule has 1 aromatic carbocycles. The molecule has 0 amide bonds. The van der Waals surface area contributed by atoms with Gasteiger partial charge in [-0.05, 0) is 18.2 Å². The fourth-order valence-corrected chi connectivity index (χ4v) is 1.39. The van der Waals surface area contributed by atoms with E-state index in [1.165, 1.54) is 0 Å². The Morgan fingerprint density at radius 3 is 2.88 bits per heavy atom. The SMILES string of the molecule is O=C(O)[C@@H]1CC(c2cc(F)ccc2F)=NO1. The summed E-state index contributed by atoms with van der Waals surface area (Å²) in [5.41, 5.74) is 0.0353. The van der Waals surface area contributed by atoms with Crippen LogP contribution in [0.15, 0.2) is 23.4 Å². The van der Waals surface area contributed by atoms with E-state index >= 15 is 0 Å². The summed E-state index contributed by atoms with van der Waals surface area (Å²) in [6.07, 6.45) is -1.20. The third-order valence-corrected chi connectivity index (χ3v) is 2.18. The van der Waals surface area contributed by atoms with Crippen LogP contribution in [0.25, 0.3) is 0 Å². The van der Waals surface area contributed by atoms with Gasteiger partial charge >= 0.3 is 5.97 Å². The highest BCUT2D eigenvalue weighted by molar-refractivity contribution is 6.03. The topological polar surface area (TPSA) is 58.9 Å². The van der Waals surface area contributed by atoms with Gasteiger partial charge in [-0.25, -0.2) is 13.6 Å². The first-order valence-electron chi connectivity index (χ1n) is 4.49. The number of hydrogen-bond acceptors (Lipinski definition) is 3. The second-order valence-electron chi connectivity index (χ2n) is 3.30. The van der Waals surface area contributed by atoms with Gasteiger partial charge in [0.2, 0.25) is 6.10 Å². The van der Waals surface area contributed by atoms with E-state index in [4.69, 9.17) is 5.11 Å². The highest BCUT2D eigenvalue weighted by atomic mass is 19.1. The maximum atomic E-state index is 13.3. The van der Waals surface area contributed by atoms with Crippen molar-refractivity contribution in [2.45, 2.75) is 12.5 Å². The summed E-state index contributed by atoms with van der Waals surface area (Å²) < 4.78 is 26.2. The highest BCUT2D eigenvalue weighted by Crippen LogP contribution is 2.19. The van der Waals surface area contributed by atoms with Gasteiger partial charge in [0.25, 0.3) is 0 Å². The third-order valence-electron chi connectivity index (χ3n) is 2.18. The van der Waals surface area contributed by atoms with E-state index in [0.29, 0.717) is 0 Å². The Kier molecular flexibility index (Phi) is 2.55. The summed E-state index contributed by atoms with van der Waals surface area (Å²) in [5.74, 6) is -2.46. The number of halogens is 2. The Labute approximate surface area is 89.1 Å². The van der Waals surface area contributed by atoms with Crippen LogP contribution in [0.5, 0.6) is 0 Å². The van der Waals surface area contributed by atoms with Gasteiger partial charge in [-0.2, -0.15) is 0 Å². The predicted octanol–water partition coefficient (Wildman–Crippen LogP) is 1.54. The largest absolute Gasteiger partial charge is 0.478 e. The van der Waals surface area contributed by atoms with Crippen LogP contribution in [0.4, 0.5) is 8.78 Å². The molecule has 0 radical (unpaired) electrons. The molecule has 1 heterocycles. The standard InChI is InChI=1S/C10H7F2NO3/c11-5-1-2-7(12)6(3-5)8-4-9(10(14)15)16-13-8/h1-3,9H,4H2,(H,14,15)/t9-/m0/s1. The molecule has 1 aliphatic heterocycles. The summed E-state index contributed by atoms with van der Waals surface area (Å²) in [7, 11) is 0. The molecular formula is C10H7F2NO3. The van der Waals surface area contributed by atoms with Crippen molar-refractivity contribution in [1.82, 2.24) is 0 Å². The predicted molar refractivity (Wildman–Crippen MR) is 50.0 cm³/mol. The van der Waals surface area contributed by atoms with Crippen molar-refractivity contribution in [1.29, 1.82) is 0 Å². The molecule has 0 unspecified atom stereocenters. The molecule has 0 saturated heterocycles. The van der Waals surface area contributed by atoms with Crippen molar-refractivity contribution in [3.05, 3.63) is 35.4 Å². The lowest BCUT2D eigenvalue weighted by molar-refractivity contribution is -0.148. The van der Waals surface area contributed by atoms with Crippen molar-refractivity contribution in [2.24, 2.45) is 5.16 Å². The van der Waals surface area contributed by atoms with E-state index in [1.54, 1.807) is 0 Å². The molecule has 0 aliphatic carbocycles. The number of nitrogens with zero attached hydrogens (tertiary/aromatic N) is 1. The number of carboxylic acid groups (broad SMARTS) is 1. The number of hydrogen-bond donors (Lipinski definition) is 1. The summed E-state index contributed by atoms with van der Waals surface area (Å²) >= 11 is 0. The molecule has 84 valence electrons. The molecule has 0 spiro atoms. The molecule has 0 aromatic heterocycles. The third kappa shape index (κ3) is 1.86. The quantitative estimate of drug-likeness (QED) is 0.833. The summed E-state index contributed by atoms with van der Waals surface area (Å²) in [6, 6.07) is 2.90. The van der Waals surface area contributed by atoms with E-state index in [9.17, 15) is 13.6 Å². The number of aliphatic carboxylic acids is 1. The van der Waals surface area contributed by atoms with Gasteiger partial charge in [0.1, 0.15) is 11.6 Å². The van der Waals surface area contributed by atoms with Crippen molar-refractivity contribution < 1.29 is 23.5 Å². The average Bonchev–Trinajstić information content (AvgIpc) is 2.70. The molecule has 0 fully saturated rings. The molecule has 2 rings (SSSR count). The highest BCUT2D eigenvalue weighted by Gasteiger charge is 2.29.